The van der Waals surface area contributed by atoms with Crippen molar-refractivity contribution in [2.24, 2.45) is 0 Å². The summed E-state index contributed by atoms with van der Waals surface area (Å²) in [6, 6.07) is 8.11. The molecule has 0 aromatic heterocycles. The largest absolute Gasteiger partial charge is 0.465 e. The third-order valence-electron chi connectivity index (χ3n) is 2.98. The van der Waals surface area contributed by atoms with Crippen LogP contribution in [0.5, 0.6) is 0 Å². The summed E-state index contributed by atoms with van der Waals surface area (Å²) in [5, 5.41) is 10.9. The van der Waals surface area contributed by atoms with Crippen molar-refractivity contribution >= 4 is 6.09 Å². The van der Waals surface area contributed by atoms with Crippen LogP contribution in [0.15, 0.2) is 24.3 Å². The van der Waals surface area contributed by atoms with Crippen LogP contribution in [0, 0.1) is 11.8 Å². The van der Waals surface area contributed by atoms with Crippen molar-refractivity contribution < 1.29 is 14.6 Å². The molecule has 0 atom stereocenters. The van der Waals surface area contributed by atoms with E-state index in [0.717, 1.165) is 44.3 Å². The van der Waals surface area contributed by atoms with E-state index >= 15 is 0 Å². The molecule has 114 valence electrons. The van der Waals surface area contributed by atoms with Crippen LogP contribution < -0.4 is 5.32 Å². The zero-order valence-electron chi connectivity index (χ0n) is 12.5. The highest BCUT2D eigenvalue weighted by Crippen LogP contribution is 2.07. The molecule has 1 aromatic rings. The molecule has 0 heterocycles. The van der Waals surface area contributed by atoms with Gasteiger partial charge in [0.05, 0.1) is 0 Å². The number of rotatable bonds is 8. The normalized spacial score (nSPS) is 9.76. The molecule has 0 radical (unpaired) electrons. The molecule has 0 aliphatic carbocycles. The van der Waals surface area contributed by atoms with Crippen LogP contribution in [0.2, 0.25) is 0 Å². The number of hydrogen-bond acceptors (Lipinski definition) is 2. The Bertz CT molecular complexity index is 488. The quantitative estimate of drug-likeness (QED) is 0.571. The van der Waals surface area contributed by atoms with Crippen molar-refractivity contribution in [1.29, 1.82) is 0 Å². The molecule has 4 nitrogen and oxygen atoms in total. The van der Waals surface area contributed by atoms with Crippen LogP contribution in [0.4, 0.5) is 4.79 Å². The Morgan fingerprint density at radius 2 is 2.19 bits per heavy atom. The van der Waals surface area contributed by atoms with Gasteiger partial charge < -0.3 is 15.2 Å². The van der Waals surface area contributed by atoms with Gasteiger partial charge in [-0.3, -0.25) is 0 Å². The number of methoxy groups -OCH3 is 1. The summed E-state index contributed by atoms with van der Waals surface area (Å²) < 4.78 is 4.99. The Morgan fingerprint density at radius 1 is 1.33 bits per heavy atom. The van der Waals surface area contributed by atoms with E-state index in [0.29, 0.717) is 6.54 Å². The van der Waals surface area contributed by atoms with Gasteiger partial charge in [-0.15, -0.1) is 0 Å². The fourth-order valence-electron chi connectivity index (χ4n) is 1.92. The molecule has 0 bridgehead atoms. The lowest BCUT2D eigenvalue weighted by Gasteiger charge is -2.02. The molecule has 0 aliphatic rings. The van der Waals surface area contributed by atoms with Crippen molar-refractivity contribution in [3.8, 4) is 11.8 Å². The average Bonchev–Trinajstić information content (AvgIpc) is 2.47. The molecule has 2 N–H and O–H groups in total. The van der Waals surface area contributed by atoms with Crippen molar-refractivity contribution in [1.82, 2.24) is 5.32 Å². The van der Waals surface area contributed by atoms with E-state index in [-0.39, 0.29) is 0 Å². The molecule has 0 saturated carbocycles. The number of benzene rings is 1. The Balaban J connectivity index is 2.34. The molecular formula is C17H23NO3. The highest BCUT2D eigenvalue weighted by Gasteiger charge is 1.97. The number of unbranched alkanes of at least 4 members (excludes halogenated alkanes) is 2. The van der Waals surface area contributed by atoms with Gasteiger partial charge in [0.15, 0.2) is 0 Å². The average molecular weight is 289 g/mol. The second kappa shape index (κ2) is 10.8. The molecule has 1 rings (SSSR count). The molecule has 0 spiro atoms. The van der Waals surface area contributed by atoms with Crippen LogP contribution in [-0.4, -0.2) is 31.5 Å². The van der Waals surface area contributed by atoms with Gasteiger partial charge in [0.1, 0.15) is 0 Å². The minimum Gasteiger partial charge on any atom is -0.465 e. The van der Waals surface area contributed by atoms with Crippen LogP contribution >= 0.6 is 0 Å². The minimum atomic E-state index is -0.969. The van der Waals surface area contributed by atoms with Crippen LogP contribution in [0.1, 0.15) is 36.8 Å². The maximum absolute atomic E-state index is 10.3. The van der Waals surface area contributed by atoms with E-state index in [1.54, 1.807) is 7.11 Å². The van der Waals surface area contributed by atoms with E-state index in [1.165, 1.54) is 5.56 Å². The number of carbonyl (C=O) groups is 1. The molecule has 0 aliphatic heterocycles. The van der Waals surface area contributed by atoms with E-state index < -0.39 is 6.09 Å². The van der Waals surface area contributed by atoms with Gasteiger partial charge in [0.25, 0.3) is 0 Å². The number of amides is 1. The molecule has 0 saturated heterocycles. The predicted molar refractivity (Wildman–Crippen MR) is 83.4 cm³/mol. The molecule has 1 amide bonds. The Labute approximate surface area is 126 Å². The Kier molecular flexibility index (Phi) is 8.74. The smallest absolute Gasteiger partial charge is 0.404 e. The summed E-state index contributed by atoms with van der Waals surface area (Å²) >= 11 is 0. The van der Waals surface area contributed by atoms with Crippen LogP contribution in [0.25, 0.3) is 0 Å². The fourth-order valence-corrected chi connectivity index (χ4v) is 1.92. The zero-order valence-corrected chi connectivity index (χ0v) is 12.5. The minimum absolute atomic E-state index is 0.477. The van der Waals surface area contributed by atoms with Crippen LogP contribution in [-0.2, 0) is 11.2 Å². The SMILES string of the molecule is COCCCCC#Cc1cccc(CCCNC(=O)O)c1. The van der Waals surface area contributed by atoms with Crippen molar-refractivity contribution in [2.75, 3.05) is 20.3 Å². The lowest BCUT2D eigenvalue weighted by molar-refractivity contribution is 0.193. The maximum Gasteiger partial charge on any atom is 0.404 e. The summed E-state index contributed by atoms with van der Waals surface area (Å²) in [5.74, 6) is 6.34. The molecule has 0 unspecified atom stereocenters. The molecule has 4 heteroatoms. The zero-order chi connectivity index (χ0) is 15.3. The first-order chi connectivity index (χ1) is 10.2. The van der Waals surface area contributed by atoms with Gasteiger partial charge in [-0.2, -0.15) is 0 Å². The van der Waals surface area contributed by atoms with Crippen molar-refractivity contribution in [3.05, 3.63) is 35.4 Å². The van der Waals surface area contributed by atoms with E-state index in [1.807, 2.05) is 18.2 Å². The Hall–Kier alpha value is -1.99. The van der Waals surface area contributed by atoms with Crippen molar-refractivity contribution in [3.63, 3.8) is 0 Å². The van der Waals surface area contributed by atoms with Gasteiger partial charge in [-0.1, -0.05) is 24.0 Å². The lowest BCUT2D eigenvalue weighted by atomic mass is 10.1. The number of aryl methyl sites for hydroxylation is 1. The van der Waals surface area contributed by atoms with Gasteiger partial charge in [0.2, 0.25) is 0 Å². The second-order valence-corrected chi connectivity index (χ2v) is 4.79. The van der Waals surface area contributed by atoms with E-state index in [9.17, 15) is 4.79 Å². The summed E-state index contributed by atoms with van der Waals surface area (Å²) in [5.41, 5.74) is 2.21. The fraction of sp³-hybridized carbons (Fsp3) is 0.471. The topological polar surface area (TPSA) is 58.6 Å². The molecular weight excluding hydrogens is 266 g/mol. The second-order valence-electron chi connectivity index (χ2n) is 4.79. The maximum atomic E-state index is 10.3. The summed E-state index contributed by atoms with van der Waals surface area (Å²) in [4.78, 5) is 10.3. The lowest BCUT2D eigenvalue weighted by Crippen LogP contribution is -2.22. The van der Waals surface area contributed by atoms with E-state index in [4.69, 9.17) is 9.84 Å². The van der Waals surface area contributed by atoms with Gasteiger partial charge in [-0.05, 0) is 43.4 Å². The third-order valence-corrected chi connectivity index (χ3v) is 2.98. The standard InChI is InChI=1S/C17H23NO3/c1-21-13-5-3-2-4-8-15-9-6-10-16(14-15)11-7-12-18-17(19)20/h6,9-10,14,18H,2-3,5,7,11-13H2,1H3,(H,19,20). The first-order valence-electron chi connectivity index (χ1n) is 7.26. The molecule has 0 fully saturated rings. The Morgan fingerprint density at radius 3 is 2.95 bits per heavy atom. The summed E-state index contributed by atoms with van der Waals surface area (Å²) in [6.45, 7) is 1.27. The highest BCUT2D eigenvalue weighted by molar-refractivity contribution is 5.64. The highest BCUT2D eigenvalue weighted by atomic mass is 16.5. The van der Waals surface area contributed by atoms with Gasteiger partial charge >= 0.3 is 6.09 Å². The first-order valence-corrected chi connectivity index (χ1v) is 7.26. The first kappa shape index (κ1) is 17.1. The summed E-state index contributed by atoms with van der Waals surface area (Å²) in [7, 11) is 1.71. The molecule has 21 heavy (non-hydrogen) atoms. The van der Waals surface area contributed by atoms with E-state index in [2.05, 4.69) is 23.2 Å². The third kappa shape index (κ3) is 8.72. The molecule has 1 aromatic carbocycles. The predicted octanol–water partition coefficient (Wildman–Crippen LogP) is 3.06. The summed E-state index contributed by atoms with van der Waals surface area (Å²) in [6.07, 6.45) is 3.66. The number of hydrogen-bond donors (Lipinski definition) is 2. The number of nitrogens with one attached hydrogen (secondary N) is 1. The monoisotopic (exact) mass is 289 g/mol. The van der Waals surface area contributed by atoms with Gasteiger partial charge in [-0.25, -0.2) is 4.79 Å². The van der Waals surface area contributed by atoms with Crippen LogP contribution in [0.3, 0.4) is 0 Å². The number of carboxylic acid groups (broad SMARTS) is 1. The van der Waals surface area contributed by atoms with Gasteiger partial charge in [0, 0.05) is 32.2 Å². The number of ether oxygens (including phenoxy) is 1. The van der Waals surface area contributed by atoms with Crippen molar-refractivity contribution in [2.45, 2.75) is 32.1 Å².